The molecule has 0 aliphatic rings. The number of rotatable bonds is 3. The molecule has 0 unspecified atom stereocenters. The standard InChI is InChI=1S/C13H20/c1-5-6-12-7-8-13(10(2)3)11(4)9-12/h7-10H,5-6H2,1-4H3. The maximum Gasteiger partial charge on any atom is -0.0216 e. The molecular formula is C13H20. The van der Waals surface area contributed by atoms with Crippen LogP contribution in [0.5, 0.6) is 0 Å². The quantitative estimate of drug-likeness (QED) is 0.651. The number of hydrogen-bond acceptors (Lipinski definition) is 0. The van der Waals surface area contributed by atoms with Crippen LogP contribution in [0.15, 0.2) is 18.2 Å². The van der Waals surface area contributed by atoms with Crippen molar-refractivity contribution in [2.45, 2.75) is 46.5 Å². The number of hydrogen-bond donors (Lipinski definition) is 0. The molecule has 0 aliphatic carbocycles. The van der Waals surface area contributed by atoms with Gasteiger partial charge in [0.05, 0.1) is 0 Å². The van der Waals surface area contributed by atoms with E-state index < -0.39 is 0 Å². The van der Waals surface area contributed by atoms with Crippen LogP contribution in [-0.4, -0.2) is 0 Å². The molecule has 0 heterocycles. The third-order valence-corrected chi connectivity index (χ3v) is 2.49. The predicted molar refractivity (Wildman–Crippen MR) is 59.3 cm³/mol. The van der Waals surface area contributed by atoms with Gasteiger partial charge in [-0.05, 0) is 36.0 Å². The lowest BCUT2D eigenvalue weighted by molar-refractivity contribution is 0.850. The van der Waals surface area contributed by atoms with Gasteiger partial charge in [0, 0.05) is 0 Å². The highest BCUT2D eigenvalue weighted by Crippen LogP contribution is 2.20. The van der Waals surface area contributed by atoms with Gasteiger partial charge in [0.15, 0.2) is 0 Å². The Morgan fingerprint density at radius 1 is 1.23 bits per heavy atom. The fourth-order valence-electron chi connectivity index (χ4n) is 1.83. The van der Waals surface area contributed by atoms with E-state index in [2.05, 4.69) is 45.9 Å². The maximum absolute atomic E-state index is 2.33. The highest BCUT2D eigenvalue weighted by Gasteiger charge is 2.03. The second-order valence-corrected chi connectivity index (χ2v) is 4.10. The Labute approximate surface area is 82.0 Å². The minimum Gasteiger partial charge on any atom is -0.0651 e. The normalized spacial score (nSPS) is 10.8. The Morgan fingerprint density at radius 3 is 2.38 bits per heavy atom. The van der Waals surface area contributed by atoms with E-state index in [0.717, 1.165) is 0 Å². The van der Waals surface area contributed by atoms with Gasteiger partial charge in [-0.25, -0.2) is 0 Å². The molecule has 0 amide bonds. The Kier molecular flexibility index (Phi) is 3.53. The van der Waals surface area contributed by atoms with Gasteiger partial charge in [-0.15, -0.1) is 0 Å². The largest absolute Gasteiger partial charge is 0.0651 e. The molecule has 1 aromatic rings. The molecule has 0 aromatic heterocycles. The van der Waals surface area contributed by atoms with Crippen molar-refractivity contribution in [2.24, 2.45) is 0 Å². The van der Waals surface area contributed by atoms with E-state index in [4.69, 9.17) is 0 Å². The third kappa shape index (κ3) is 2.58. The van der Waals surface area contributed by atoms with Crippen LogP contribution in [0.25, 0.3) is 0 Å². The predicted octanol–water partition coefficient (Wildman–Crippen LogP) is 4.07. The molecule has 0 bridgehead atoms. The first-order valence-corrected chi connectivity index (χ1v) is 5.24. The smallest absolute Gasteiger partial charge is 0.0216 e. The molecule has 0 saturated heterocycles. The summed E-state index contributed by atoms with van der Waals surface area (Å²) in [5.74, 6) is 0.649. The molecule has 1 rings (SSSR count). The van der Waals surface area contributed by atoms with Crippen molar-refractivity contribution in [3.63, 3.8) is 0 Å². The van der Waals surface area contributed by atoms with Crippen molar-refractivity contribution in [2.75, 3.05) is 0 Å². The summed E-state index contributed by atoms with van der Waals surface area (Å²) in [5, 5.41) is 0. The maximum atomic E-state index is 2.33. The van der Waals surface area contributed by atoms with E-state index in [1.807, 2.05) is 0 Å². The lowest BCUT2D eigenvalue weighted by Crippen LogP contribution is -1.93. The van der Waals surface area contributed by atoms with Gasteiger partial charge in [0.2, 0.25) is 0 Å². The second-order valence-electron chi connectivity index (χ2n) is 4.10. The molecule has 0 nitrogen and oxygen atoms in total. The molecule has 1 aromatic carbocycles. The van der Waals surface area contributed by atoms with E-state index >= 15 is 0 Å². The Morgan fingerprint density at radius 2 is 1.92 bits per heavy atom. The van der Waals surface area contributed by atoms with Crippen LogP contribution >= 0.6 is 0 Å². The average Bonchev–Trinajstić information content (AvgIpc) is 2.04. The van der Waals surface area contributed by atoms with Crippen molar-refractivity contribution < 1.29 is 0 Å². The highest BCUT2D eigenvalue weighted by atomic mass is 14.1. The van der Waals surface area contributed by atoms with Crippen molar-refractivity contribution in [3.8, 4) is 0 Å². The summed E-state index contributed by atoms with van der Waals surface area (Å²) in [5.41, 5.74) is 4.41. The van der Waals surface area contributed by atoms with Gasteiger partial charge in [0.25, 0.3) is 0 Å². The lowest BCUT2D eigenvalue weighted by Gasteiger charge is -2.10. The summed E-state index contributed by atoms with van der Waals surface area (Å²) in [6.07, 6.45) is 2.44. The molecule has 0 saturated carbocycles. The van der Waals surface area contributed by atoms with Crippen molar-refractivity contribution >= 4 is 0 Å². The van der Waals surface area contributed by atoms with Crippen molar-refractivity contribution in [3.05, 3.63) is 34.9 Å². The second kappa shape index (κ2) is 4.45. The Hall–Kier alpha value is -0.780. The van der Waals surface area contributed by atoms with Crippen LogP contribution in [0, 0.1) is 6.92 Å². The molecule has 0 fully saturated rings. The summed E-state index contributed by atoms with van der Waals surface area (Å²) in [6, 6.07) is 6.88. The first kappa shape index (κ1) is 10.3. The fraction of sp³-hybridized carbons (Fsp3) is 0.538. The van der Waals surface area contributed by atoms with E-state index in [1.54, 1.807) is 0 Å². The molecule has 0 atom stereocenters. The number of aryl methyl sites for hydroxylation is 2. The van der Waals surface area contributed by atoms with Crippen LogP contribution in [0.1, 0.15) is 49.8 Å². The topological polar surface area (TPSA) is 0 Å². The van der Waals surface area contributed by atoms with Gasteiger partial charge in [-0.1, -0.05) is 45.4 Å². The lowest BCUT2D eigenvalue weighted by atomic mass is 9.95. The molecule has 0 aliphatic heterocycles. The van der Waals surface area contributed by atoms with E-state index in [1.165, 1.54) is 29.5 Å². The minimum atomic E-state index is 0.649. The monoisotopic (exact) mass is 176 g/mol. The van der Waals surface area contributed by atoms with E-state index in [-0.39, 0.29) is 0 Å². The molecule has 0 spiro atoms. The fourth-order valence-corrected chi connectivity index (χ4v) is 1.83. The van der Waals surface area contributed by atoms with Gasteiger partial charge in [0.1, 0.15) is 0 Å². The zero-order valence-electron chi connectivity index (χ0n) is 9.22. The van der Waals surface area contributed by atoms with Crippen LogP contribution in [-0.2, 0) is 6.42 Å². The molecular weight excluding hydrogens is 156 g/mol. The third-order valence-electron chi connectivity index (χ3n) is 2.49. The van der Waals surface area contributed by atoms with Crippen LogP contribution < -0.4 is 0 Å². The van der Waals surface area contributed by atoms with E-state index in [0.29, 0.717) is 5.92 Å². The number of benzene rings is 1. The zero-order chi connectivity index (χ0) is 9.84. The van der Waals surface area contributed by atoms with Crippen LogP contribution in [0.2, 0.25) is 0 Å². The molecule has 0 radical (unpaired) electrons. The van der Waals surface area contributed by atoms with Gasteiger partial charge in [-0.2, -0.15) is 0 Å². The Bertz CT molecular complexity index is 271. The highest BCUT2D eigenvalue weighted by molar-refractivity contribution is 5.33. The van der Waals surface area contributed by atoms with Crippen LogP contribution in [0.4, 0.5) is 0 Å². The van der Waals surface area contributed by atoms with Gasteiger partial charge < -0.3 is 0 Å². The van der Waals surface area contributed by atoms with Gasteiger partial charge in [-0.3, -0.25) is 0 Å². The van der Waals surface area contributed by atoms with E-state index in [9.17, 15) is 0 Å². The van der Waals surface area contributed by atoms with Crippen molar-refractivity contribution in [1.82, 2.24) is 0 Å². The first-order chi connectivity index (χ1) is 6.15. The molecule has 0 N–H and O–H groups in total. The van der Waals surface area contributed by atoms with Crippen molar-refractivity contribution in [1.29, 1.82) is 0 Å². The molecule has 0 heteroatoms. The Balaban J connectivity index is 2.92. The summed E-state index contributed by atoms with van der Waals surface area (Å²) in [6.45, 7) is 8.95. The molecule has 13 heavy (non-hydrogen) atoms. The first-order valence-electron chi connectivity index (χ1n) is 5.24. The SMILES string of the molecule is CCCc1ccc(C(C)C)c(C)c1. The summed E-state index contributed by atoms with van der Waals surface area (Å²) >= 11 is 0. The minimum absolute atomic E-state index is 0.649. The van der Waals surface area contributed by atoms with Crippen LogP contribution in [0.3, 0.4) is 0 Å². The summed E-state index contributed by atoms with van der Waals surface area (Å²) in [4.78, 5) is 0. The summed E-state index contributed by atoms with van der Waals surface area (Å²) < 4.78 is 0. The zero-order valence-corrected chi connectivity index (χ0v) is 9.22. The average molecular weight is 176 g/mol. The van der Waals surface area contributed by atoms with Gasteiger partial charge >= 0.3 is 0 Å². The summed E-state index contributed by atoms with van der Waals surface area (Å²) in [7, 11) is 0. The molecule has 72 valence electrons.